The number of morpholine rings is 1. The topological polar surface area (TPSA) is 90.6 Å². The minimum absolute atomic E-state index is 0.113. The zero-order chi connectivity index (χ0) is 15.2. The number of nitriles is 1. The molecule has 1 heterocycles. The van der Waals surface area contributed by atoms with Gasteiger partial charge in [-0.05, 0) is 17.7 Å². The number of rotatable bonds is 4. The molecular weight excluding hydrogens is 272 g/mol. The third-order valence-corrected chi connectivity index (χ3v) is 3.29. The monoisotopic (exact) mass is 288 g/mol. The van der Waals surface area contributed by atoms with Crippen molar-refractivity contribution in [1.82, 2.24) is 4.90 Å². The molecule has 1 saturated heterocycles. The summed E-state index contributed by atoms with van der Waals surface area (Å²) in [6.07, 6.45) is -0.327. The first kappa shape index (κ1) is 15.0. The number of carbonyl (C=O) groups excluding carboxylic acids is 1. The Bertz CT molecular complexity index is 579. The second-order valence-electron chi connectivity index (χ2n) is 4.88. The molecule has 1 N–H and O–H groups in total. The fourth-order valence-electron chi connectivity index (χ4n) is 2.31. The highest BCUT2D eigenvalue weighted by molar-refractivity contribution is 5.94. The van der Waals surface area contributed by atoms with Crippen molar-refractivity contribution in [3.63, 3.8) is 0 Å². The minimum Gasteiger partial charge on any atom is -0.481 e. The normalized spacial score (nSPS) is 18.0. The highest BCUT2D eigenvalue weighted by Crippen LogP contribution is 2.14. The summed E-state index contributed by atoms with van der Waals surface area (Å²) in [4.78, 5) is 24.7. The van der Waals surface area contributed by atoms with E-state index in [-0.39, 0.29) is 25.3 Å². The number of carbonyl (C=O) groups is 2. The molecule has 0 aromatic heterocycles. The van der Waals surface area contributed by atoms with E-state index in [0.29, 0.717) is 18.7 Å². The summed E-state index contributed by atoms with van der Waals surface area (Å²) < 4.78 is 5.35. The van der Waals surface area contributed by atoms with Gasteiger partial charge in [-0.25, -0.2) is 0 Å². The van der Waals surface area contributed by atoms with Gasteiger partial charge in [0.15, 0.2) is 0 Å². The molecule has 0 bridgehead atoms. The first-order valence-electron chi connectivity index (χ1n) is 6.68. The summed E-state index contributed by atoms with van der Waals surface area (Å²) in [5, 5.41) is 17.5. The highest BCUT2D eigenvalue weighted by atomic mass is 16.5. The van der Waals surface area contributed by atoms with Gasteiger partial charge in [0, 0.05) is 18.7 Å². The zero-order valence-electron chi connectivity index (χ0n) is 11.5. The van der Waals surface area contributed by atoms with Crippen LogP contribution in [0.3, 0.4) is 0 Å². The maximum atomic E-state index is 12.4. The van der Waals surface area contributed by atoms with Crippen LogP contribution in [-0.2, 0) is 16.0 Å². The van der Waals surface area contributed by atoms with Gasteiger partial charge in [0.25, 0.3) is 5.91 Å². The van der Waals surface area contributed by atoms with E-state index in [4.69, 9.17) is 15.1 Å². The maximum absolute atomic E-state index is 12.4. The molecule has 1 aromatic carbocycles. The molecule has 110 valence electrons. The van der Waals surface area contributed by atoms with E-state index in [0.717, 1.165) is 5.56 Å². The Balaban J connectivity index is 2.07. The Morgan fingerprint density at radius 1 is 1.48 bits per heavy atom. The Kier molecular flexibility index (Phi) is 4.90. The second-order valence-corrected chi connectivity index (χ2v) is 4.88. The average molecular weight is 288 g/mol. The molecule has 1 amide bonds. The van der Waals surface area contributed by atoms with Gasteiger partial charge in [0.2, 0.25) is 0 Å². The summed E-state index contributed by atoms with van der Waals surface area (Å²) in [5.41, 5.74) is 1.30. The standard InChI is InChI=1S/C15H16N2O4/c16-5-4-11-2-1-3-12(8-11)15(20)17-6-7-21-13(10-17)9-14(18)19/h1-3,8,13H,4,6-7,9-10H2,(H,18,19)/t13-/m0/s1. The molecule has 0 radical (unpaired) electrons. The van der Waals surface area contributed by atoms with Gasteiger partial charge in [-0.2, -0.15) is 5.26 Å². The van der Waals surface area contributed by atoms with E-state index in [1.165, 1.54) is 0 Å². The van der Waals surface area contributed by atoms with Crippen LogP contribution in [0.4, 0.5) is 0 Å². The van der Waals surface area contributed by atoms with Crippen molar-refractivity contribution in [2.45, 2.75) is 18.9 Å². The van der Waals surface area contributed by atoms with Crippen LogP contribution in [0.15, 0.2) is 24.3 Å². The lowest BCUT2D eigenvalue weighted by atomic mass is 10.1. The largest absolute Gasteiger partial charge is 0.481 e. The first-order chi connectivity index (χ1) is 10.1. The first-order valence-corrected chi connectivity index (χ1v) is 6.68. The van der Waals surface area contributed by atoms with Gasteiger partial charge in [-0.3, -0.25) is 9.59 Å². The van der Waals surface area contributed by atoms with Crippen LogP contribution in [0, 0.1) is 11.3 Å². The van der Waals surface area contributed by atoms with E-state index in [1.807, 2.05) is 6.07 Å². The lowest BCUT2D eigenvalue weighted by Gasteiger charge is -2.32. The second kappa shape index (κ2) is 6.86. The summed E-state index contributed by atoms with van der Waals surface area (Å²) in [6.45, 7) is 1.05. The molecule has 0 unspecified atom stereocenters. The molecule has 1 aliphatic rings. The van der Waals surface area contributed by atoms with E-state index in [9.17, 15) is 9.59 Å². The molecule has 1 aliphatic heterocycles. The summed E-state index contributed by atoms with van der Waals surface area (Å²) >= 11 is 0. The van der Waals surface area contributed by atoms with Crippen molar-refractivity contribution in [3.8, 4) is 6.07 Å². The van der Waals surface area contributed by atoms with Crippen molar-refractivity contribution in [3.05, 3.63) is 35.4 Å². The van der Waals surface area contributed by atoms with Crippen LogP contribution in [0.25, 0.3) is 0 Å². The van der Waals surface area contributed by atoms with Gasteiger partial charge in [-0.1, -0.05) is 12.1 Å². The third kappa shape index (κ3) is 4.04. The van der Waals surface area contributed by atoms with Crippen molar-refractivity contribution >= 4 is 11.9 Å². The minimum atomic E-state index is -0.940. The maximum Gasteiger partial charge on any atom is 0.306 e. The molecule has 1 atom stereocenters. The van der Waals surface area contributed by atoms with Crippen LogP contribution < -0.4 is 0 Å². The fourth-order valence-corrected chi connectivity index (χ4v) is 2.31. The molecule has 2 rings (SSSR count). The number of carboxylic acid groups (broad SMARTS) is 1. The molecule has 0 spiro atoms. The predicted octanol–water partition coefficient (Wildman–Crippen LogP) is 1.07. The Hall–Kier alpha value is -2.39. The van der Waals surface area contributed by atoms with E-state index in [2.05, 4.69) is 0 Å². The van der Waals surface area contributed by atoms with Crippen LogP contribution in [0.2, 0.25) is 0 Å². The SMILES string of the molecule is N#CCc1cccc(C(=O)N2CCO[C@@H](CC(=O)O)C2)c1. The lowest BCUT2D eigenvalue weighted by Crippen LogP contribution is -2.46. The highest BCUT2D eigenvalue weighted by Gasteiger charge is 2.26. The fraction of sp³-hybridized carbons (Fsp3) is 0.400. The quantitative estimate of drug-likeness (QED) is 0.894. The summed E-state index contributed by atoms with van der Waals surface area (Å²) in [7, 11) is 0. The number of amides is 1. The van der Waals surface area contributed by atoms with Gasteiger partial charge in [0.05, 0.1) is 31.6 Å². The van der Waals surface area contributed by atoms with Crippen LogP contribution in [0.1, 0.15) is 22.3 Å². The molecule has 6 nitrogen and oxygen atoms in total. The van der Waals surface area contributed by atoms with E-state index in [1.54, 1.807) is 29.2 Å². The van der Waals surface area contributed by atoms with E-state index < -0.39 is 12.1 Å². The number of carboxylic acids is 1. The van der Waals surface area contributed by atoms with Gasteiger partial charge < -0.3 is 14.7 Å². The van der Waals surface area contributed by atoms with Crippen molar-refractivity contribution < 1.29 is 19.4 Å². The number of aliphatic carboxylic acids is 1. The van der Waals surface area contributed by atoms with Crippen LogP contribution in [-0.4, -0.2) is 47.7 Å². The number of benzene rings is 1. The van der Waals surface area contributed by atoms with E-state index >= 15 is 0 Å². The van der Waals surface area contributed by atoms with Crippen LogP contribution >= 0.6 is 0 Å². The molecule has 0 aliphatic carbocycles. The third-order valence-electron chi connectivity index (χ3n) is 3.29. The van der Waals surface area contributed by atoms with Gasteiger partial charge >= 0.3 is 5.97 Å². The number of hydrogen-bond donors (Lipinski definition) is 1. The number of nitrogens with zero attached hydrogens (tertiary/aromatic N) is 2. The Morgan fingerprint density at radius 2 is 2.29 bits per heavy atom. The van der Waals surface area contributed by atoms with Gasteiger partial charge in [-0.15, -0.1) is 0 Å². The Labute approximate surface area is 122 Å². The van der Waals surface area contributed by atoms with Crippen molar-refractivity contribution in [1.29, 1.82) is 5.26 Å². The van der Waals surface area contributed by atoms with Crippen molar-refractivity contribution in [2.24, 2.45) is 0 Å². The predicted molar refractivity (Wildman–Crippen MR) is 73.7 cm³/mol. The van der Waals surface area contributed by atoms with Gasteiger partial charge in [0.1, 0.15) is 0 Å². The molecule has 6 heteroatoms. The van der Waals surface area contributed by atoms with Crippen molar-refractivity contribution in [2.75, 3.05) is 19.7 Å². The molecule has 21 heavy (non-hydrogen) atoms. The number of ether oxygens (including phenoxy) is 1. The summed E-state index contributed by atoms with van der Waals surface area (Å²) in [5.74, 6) is -1.10. The summed E-state index contributed by atoms with van der Waals surface area (Å²) in [6, 6.07) is 8.99. The smallest absolute Gasteiger partial charge is 0.306 e. The lowest BCUT2D eigenvalue weighted by molar-refractivity contribution is -0.141. The molecular formula is C15H16N2O4. The Morgan fingerprint density at radius 3 is 3.00 bits per heavy atom. The molecule has 1 aromatic rings. The number of hydrogen-bond acceptors (Lipinski definition) is 4. The average Bonchev–Trinajstić information content (AvgIpc) is 2.47. The zero-order valence-corrected chi connectivity index (χ0v) is 11.5. The molecule has 1 fully saturated rings. The molecule has 0 saturated carbocycles. The van der Waals surface area contributed by atoms with Crippen LogP contribution in [0.5, 0.6) is 0 Å².